The molecule has 0 amide bonds. The second kappa shape index (κ2) is 6.06. The largest absolute Gasteiger partial charge is 0.497 e. The third-order valence-electron chi connectivity index (χ3n) is 1.87. The van der Waals surface area contributed by atoms with Crippen LogP contribution in [0.25, 0.3) is 6.08 Å². The Morgan fingerprint density at radius 1 is 1.19 bits per heavy atom. The number of nitrogens with zero attached hydrogens (tertiary/aromatic N) is 2. The first-order chi connectivity index (χ1) is 7.80. The SMILES string of the molecule is CO/C(C=C(C#N)C#N)=C\c1ccccc1. The van der Waals surface area contributed by atoms with E-state index in [0.29, 0.717) is 5.76 Å². The summed E-state index contributed by atoms with van der Waals surface area (Å²) in [6.45, 7) is 0. The van der Waals surface area contributed by atoms with Crippen LogP contribution in [-0.4, -0.2) is 7.11 Å². The summed E-state index contributed by atoms with van der Waals surface area (Å²) in [5.74, 6) is 0.476. The predicted octanol–water partition coefficient (Wildman–Crippen LogP) is 2.65. The number of ether oxygens (including phenoxy) is 1. The van der Waals surface area contributed by atoms with E-state index in [1.54, 1.807) is 18.2 Å². The first kappa shape index (κ1) is 11.6. The van der Waals surface area contributed by atoms with Crippen LogP contribution in [0.15, 0.2) is 47.7 Å². The highest BCUT2D eigenvalue weighted by Gasteiger charge is 1.97. The van der Waals surface area contributed by atoms with E-state index in [0.717, 1.165) is 5.56 Å². The maximum atomic E-state index is 8.61. The number of allylic oxidation sites excluding steroid dienone is 2. The highest BCUT2D eigenvalue weighted by atomic mass is 16.5. The van der Waals surface area contributed by atoms with Crippen LogP contribution in [0.3, 0.4) is 0 Å². The number of rotatable bonds is 3. The first-order valence-corrected chi connectivity index (χ1v) is 4.62. The number of nitriles is 2. The number of benzene rings is 1. The Balaban J connectivity index is 3.02. The zero-order valence-corrected chi connectivity index (χ0v) is 8.84. The fraction of sp³-hybridized carbons (Fsp3) is 0.0769. The predicted molar refractivity (Wildman–Crippen MR) is 60.7 cm³/mol. The zero-order valence-electron chi connectivity index (χ0n) is 8.84. The van der Waals surface area contributed by atoms with Crippen LogP contribution >= 0.6 is 0 Å². The van der Waals surface area contributed by atoms with Crippen LogP contribution in [-0.2, 0) is 4.74 Å². The van der Waals surface area contributed by atoms with Gasteiger partial charge in [0.2, 0.25) is 0 Å². The Morgan fingerprint density at radius 3 is 2.31 bits per heavy atom. The average molecular weight is 210 g/mol. The Kier molecular flexibility index (Phi) is 4.37. The van der Waals surface area contributed by atoms with E-state index in [1.807, 2.05) is 30.3 Å². The van der Waals surface area contributed by atoms with Crippen molar-refractivity contribution in [2.45, 2.75) is 0 Å². The van der Waals surface area contributed by atoms with Crippen LogP contribution in [0.5, 0.6) is 0 Å². The minimum absolute atomic E-state index is 0.0176. The highest BCUT2D eigenvalue weighted by molar-refractivity contribution is 5.56. The highest BCUT2D eigenvalue weighted by Crippen LogP contribution is 2.09. The Hall–Kier alpha value is -2.52. The third-order valence-corrected chi connectivity index (χ3v) is 1.87. The maximum absolute atomic E-state index is 8.61. The van der Waals surface area contributed by atoms with E-state index in [2.05, 4.69) is 0 Å². The van der Waals surface area contributed by atoms with Gasteiger partial charge in [-0.25, -0.2) is 0 Å². The smallest absolute Gasteiger partial charge is 0.133 e. The van der Waals surface area contributed by atoms with Crippen molar-refractivity contribution in [2.24, 2.45) is 0 Å². The van der Waals surface area contributed by atoms with E-state index < -0.39 is 0 Å². The lowest BCUT2D eigenvalue weighted by molar-refractivity contribution is 0.310. The van der Waals surface area contributed by atoms with Gasteiger partial charge in [0.1, 0.15) is 23.5 Å². The van der Waals surface area contributed by atoms with Gasteiger partial charge >= 0.3 is 0 Å². The summed E-state index contributed by atoms with van der Waals surface area (Å²) < 4.78 is 5.07. The molecule has 0 aliphatic heterocycles. The molecule has 1 rings (SSSR count). The molecule has 16 heavy (non-hydrogen) atoms. The maximum Gasteiger partial charge on any atom is 0.133 e. The van der Waals surface area contributed by atoms with Crippen LogP contribution in [0.4, 0.5) is 0 Å². The molecule has 0 heterocycles. The molecule has 0 unspecified atom stereocenters. The second-order valence-corrected chi connectivity index (χ2v) is 2.94. The molecule has 1 aromatic carbocycles. The van der Waals surface area contributed by atoms with Crippen LogP contribution in [0, 0.1) is 22.7 Å². The van der Waals surface area contributed by atoms with Gasteiger partial charge in [0.25, 0.3) is 0 Å². The van der Waals surface area contributed by atoms with Crippen molar-refractivity contribution in [1.29, 1.82) is 10.5 Å². The van der Waals surface area contributed by atoms with Gasteiger partial charge in [-0.05, 0) is 11.6 Å². The van der Waals surface area contributed by atoms with Crippen molar-refractivity contribution < 1.29 is 4.74 Å². The molecule has 0 spiro atoms. The van der Waals surface area contributed by atoms with Crippen molar-refractivity contribution in [1.82, 2.24) is 0 Å². The quantitative estimate of drug-likeness (QED) is 0.437. The lowest BCUT2D eigenvalue weighted by atomic mass is 10.2. The molecule has 3 nitrogen and oxygen atoms in total. The summed E-state index contributed by atoms with van der Waals surface area (Å²) in [5.41, 5.74) is 0.967. The molecule has 0 saturated carbocycles. The molecule has 0 saturated heterocycles. The lowest BCUT2D eigenvalue weighted by Crippen LogP contribution is -1.84. The number of hydrogen-bond donors (Lipinski definition) is 0. The molecule has 0 aliphatic rings. The minimum Gasteiger partial charge on any atom is -0.497 e. The topological polar surface area (TPSA) is 56.8 Å². The van der Waals surface area contributed by atoms with E-state index in [1.165, 1.54) is 13.2 Å². The number of methoxy groups -OCH3 is 1. The standard InChI is InChI=1S/C13H10N2O/c1-16-13(8-12(9-14)10-15)7-11-5-3-2-4-6-11/h2-8H,1H3/b13-7-. The molecule has 3 heteroatoms. The zero-order chi connectivity index (χ0) is 11.8. The molecule has 0 radical (unpaired) electrons. The summed E-state index contributed by atoms with van der Waals surface area (Å²) >= 11 is 0. The fourth-order valence-electron chi connectivity index (χ4n) is 1.10. The molecule has 78 valence electrons. The molecular formula is C13H10N2O. The lowest BCUT2D eigenvalue weighted by Gasteiger charge is -2.00. The van der Waals surface area contributed by atoms with Crippen molar-refractivity contribution in [3.8, 4) is 12.1 Å². The molecule has 0 aromatic heterocycles. The Labute approximate surface area is 94.5 Å². The second-order valence-electron chi connectivity index (χ2n) is 2.94. The summed E-state index contributed by atoms with van der Waals surface area (Å²) in [5, 5.41) is 17.2. The summed E-state index contributed by atoms with van der Waals surface area (Å²) in [6, 6.07) is 13.1. The Bertz CT molecular complexity index is 471. The van der Waals surface area contributed by atoms with E-state index in [4.69, 9.17) is 15.3 Å². The normalized spacial score (nSPS) is 9.81. The van der Waals surface area contributed by atoms with E-state index in [-0.39, 0.29) is 5.57 Å². The molecule has 0 bridgehead atoms. The van der Waals surface area contributed by atoms with Crippen molar-refractivity contribution >= 4 is 6.08 Å². The van der Waals surface area contributed by atoms with Crippen molar-refractivity contribution in [3.63, 3.8) is 0 Å². The fourth-order valence-corrected chi connectivity index (χ4v) is 1.10. The van der Waals surface area contributed by atoms with Crippen LogP contribution < -0.4 is 0 Å². The van der Waals surface area contributed by atoms with Crippen molar-refractivity contribution in [3.05, 3.63) is 53.3 Å². The molecule has 0 fully saturated rings. The van der Waals surface area contributed by atoms with Crippen LogP contribution in [0.2, 0.25) is 0 Å². The third kappa shape index (κ3) is 3.32. The van der Waals surface area contributed by atoms with Gasteiger partial charge in [0.05, 0.1) is 7.11 Å². The van der Waals surface area contributed by atoms with Gasteiger partial charge in [-0.2, -0.15) is 10.5 Å². The first-order valence-electron chi connectivity index (χ1n) is 4.62. The van der Waals surface area contributed by atoms with Gasteiger partial charge in [0, 0.05) is 6.08 Å². The van der Waals surface area contributed by atoms with E-state index in [9.17, 15) is 0 Å². The summed E-state index contributed by atoms with van der Waals surface area (Å²) in [7, 11) is 1.50. The number of hydrogen-bond acceptors (Lipinski definition) is 3. The molecular weight excluding hydrogens is 200 g/mol. The van der Waals surface area contributed by atoms with Gasteiger partial charge < -0.3 is 4.74 Å². The van der Waals surface area contributed by atoms with Crippen LogP contribution in [0.1, 0.15) is 5.56 Å². The Morgan fingerprint density at radius 2 is 1.81 bits per heavy atom. The van der Waals surface area contributed by atoms with Gasteiger partial charge in [0.15, 0.2) is 0 Å². The van der Waals surface area contributed by atoms with Gasteiger partial charge in [-0.3, -0.25) is 0 Å². The molecule has 0 N–H and O–H groups in total. The average Bonchev–Trinajstić information content (AvgIpc) is 2.35. The van der Waals surface area contributed by atoms with Gasteiger partial charge in [-0.1, -0.05) is 30.3 Å². The molecule has 0 aliphatic carbocycles. The summed E-state index contributed by atoms with van der Waals surface area (Å²) in [4.78, 5) is 0. The summed E-state index contributed by atoms with van der Waals surface area (Å²) in [6.07, 6.45) is 3.17. The monoisotopic (exact) mass is 210 g/mol. The van der Waals surface area contributed by atoms with E-state index >= 15 is 0 Å². The molecule has 1 aromatic rings. The van der Waals surface area contributed by atoms with Crippen molar-refractivity contribution in [2.75, 3.05) is 7.11 Å². The molecule has 0 atom stereocenters. The van der Waals surface area contributed by atoms with Gasteiger partial charge in [-0.15, -0.1) is 0 Å². The minimum atomic E-state index is 0.0176.